The van der Waals surface area contributed by atoms with Crippen molar-refractivity contribution >= 4 is 5.91 Å². The van der Waals surface area contributed by atoms with Crippen molar-refractivity contribution in [2.45, 2.75) is 31.7 Å². The van der Waals surface area contributed by atoms with Gasteiger partial charge >= 0.3 is 0 Å². The summed E-state index contributed by atoms with van der Waals surface area (Å²) < 4.78 is 0. The van der Waals surface area contributed by atoms with Gasteiger partial charge in [0.1, 0.15) is 0 Å². The van der Waals surface area contributed by atoms with E-state index in [1.165, 1.54) is 0 Å². The second kappa shape index (κ2) is 4.49. The second-order valence-electron chi connectivity index (χ2n) is 5.22. The third kappa shape index (κ3) is 2.50. The molecule has 0 aliphatic carbocycles. The Kier molecular flexibility index (Phi) is 3.20. The van der Waals surface area contributed by atoms with Gasteiger partial charge in [-0.15, -0.1) is 0 Å². The molecule has 1 aromatic carbocycles. The molecule has 1 amide bonds. The van der Waals surface area contributed by atoms with E-state index in [1.54, 1.807) is 0 Å². The number of amides is 1. The van der Waals surface area contributed by atoms with Gasteiger partial charge < -0.3 is 10.6 Å². The number of hydrogen-bond acceptors (Lipinski definition) is 2. The van der Waals surface area contributed by atoms with Gasteiger partial charge in [0, 0.05) is 18.6 Å². The summed E-state index contributed by atoms with van der Waals surface area (Å²) in [6, 6.07) is 9.98. The monoisotopic (exact) mass is 232 g/mol. The number of nitrogens with zero attached hydrogens (tertiary/aromatic N) is 1. The molecule has 1 fully saturated rings. The molecule has 3 heteroatoms. The fourth-order valence-electron chi connectivity index (χ4n) is 2.44. The number of carbonyl (C=O) groups is 1. The number of hydrogen-bond donors (Lipinski definition) is 1. The first-order chi connectivity index (χ1) is 8.03. The summed E-state index contributed by atoms with van der Waals surface area (Å²) in [7, 11) is 0. The quantitative estimate of drug-likeness (QED) is 0.863. The van der Waals surface area contributed by atoms with Gasteiger partial charge in [-0.25, -0.2) is 0 Å². The number of benzene rings is 1. The van der Waals surface area contributed by atoms with Crippen LogP contribution in [0, 0.1) is 0 Å². The maximum Gasteiger partial charge on any atom is 0.230 e. The molecule has 2 rings (SSSR count). The minimum absolute atomic E-state index is 0.0210. The van der Waals surface area contributed by atoms with Crippen LogP contribution < -0.4 is 5.73 Å². The van der Waals surface area contributed by atoms with E-state index in [0.29, 0.717) is 13.1 Å². The lowest BCUT2D eigenvalue weighted by Gasteiger charge is -2.46. The van der Waals surface area contributed by atoms with E-state index in [1.807, 2.05) is 42.2 Å². The van der Waals surface area contributed by atoms with Crippen LogP contribution in [-0.4, -0.2) is 29.4 Å². The zero-order chi connectivity index (χ0) is 12.5. The highest BCUT2D eigenvalue weighted by Gasteiger charge is 2.39. The molecule has 2 N–H and O–H groups in total. The molecule has 17 heavy (non-hydrogen) atoms. The Morgan fingerprint density at radius 3 is 2.47 bits per heavy atom. The summed E-state index contributed by atoms with van der Waals surface area (Å²) in [6.07, 6.45) is 0.834. The molecule has 1 saturated heterocycles. The van der Waals surface area contributed by atoms with Gasteiger partial charge in [0.2, 0.25) is 5.91 Å². The summed E-state index contributed by atoms with van der Waals surface area (Å²) in [5, 5.41) is 0. The van der Waals surface area contributed by atoms with Crippen molar-refractivity contribution in [3.8, 4) is 0 Å². The van der Waals surface area contributed by atoms with Crippen molar-refractivity contribution in [1.29, 1.82) is 0 Å². The molecule has 0 aromatic heterocycles. The first-order valence-electron chi connectivity index (χ1n) is 6.16. The van der Waals surface area contributed by atoms with Crippen LogP contribution in [0.5, 0.6) is 0 Å². The van der Waals surface area contributed by atoms with E-state index >= 15 is 0 Å². The Morgan fingerprint density at radius 1 is 1.41 bits per heavy atom. The normalized spacial score (nSPS) is 19.6. The van der Waals surface area contributed by atoms with Gasteiger partial charge in [-0.1, -0.05) is 37.3 Å². The summed E-state index contributed by atoms with van der Waals surface area (Å²) in [5.41, 5.74) is 6.85. The van der Waals surface area contributed by atoms with Crippen LogP contribution in [0.15, 0.2) is 30.3 Å². The first-order valence-corrected chi connectivity index (χ1v) is 6.16. The molecule has 0 radical (unpaired) electrons. The highest BCUT2D eigenvalue weighted by atomic mass is 16.2. The molecule has 1 aliphatic heterocycles. The van der Waals surface area contributed by atoms with Gasteiger partial charge in [0.05, 0.1) is 5.92 Å². The standard InChI is InChI=1S/C14H20N2O/c1-3-12(11-7-5-4-6-8-11)13(17)16-9-14(2,15)10-16/h4-8,12H,3,9-10,15H2,1-2H3. The lowest BCUT2D eigenvalue weighted by molar-refractivity contribution is -0.139. The van der Waals surface area contributed by atoms with Gasteiger partial charge in [-0.2, -0.15) is 0 Å². The van der Waals surface area contributed by atoms with Gasteiger partial charge in [0.25, 0.3) is 0 Å². The molecule has 92 valence electrons. The molecule has 1 unspecified atom stereocenters. The number of rotatable bonds is 3. The van der Waals surface area contributed by atoms with E-state index in [0.717, 1.165) is 12.0 Å². The number of nitrogens with two attached hydrogens (primary N) is 1. The van der Waals surface area contributed by atoms with Crippen LogP contribution in [0.25, 0.3) is 0 Å². The summed E-state index contributed by atoms with van der Waals surface area (Å²) >= 11 is 0. The Bertz CT molecular complexity index is 392. The highest BCUT2D eigenvalue weighted by molar-refractivity contribution is 5.84. The smallest absolute Gasteiger partial charge is 0.230 e. The van der Waals surface area contributed by atoms with Gasteiger partial charge in [-0.3, -0.25) is 4.79 Å². The van der Waals surface area contributed by atoms with Crippen molar-refractivity contribution in [3.05, 3.63) is 35.9 Å². The lowest BCUT2D eigenvalue weighted by Crippen LogP contribution is -2.67. The van der Waals surface area contributed by atoms with Crippen molar-refractivity contribution in [1.82, 2.24) is 4.90 Å². The maximum atomic E-state index is 12.3. The first kappa shape index (κ1) is 12.1. The lowest BCUT2D eigenvalue weighted by atomic mass is 9.88. The molecule has 0 spiro atoms. The zero-order valence-corrected chi connectivity index (χ0v) is 10.5. The minimum atomic E-state index is -0.190. The van der Waals surface area contributed by atoms with Crippen molar-refractivity contribution in [2.75, 3.05) is 13.1 Å². The number of likely N-dealkylation sites (tertiary alicyclic amines) is 1. The molecule has 0 bridgehead atoms. The topological polar surface area (TPSA) is 46.3 Å². The van der Waals surface area contributed by atoms with Gasteiger partial charge in [-0.05, 0) is 18.9 Å². The third-order valence-electron chi connectivity index (χ3n) is 3.32. The van der Waals surface area contributed by atoms with Crippen LogP contribution in [0.4, 0.5) is 0 Å². The van der Waals surface area contributed by atoms with E-state index < -0.39 is 0 Å². The summed E-state index contributed by atoms with van der Waals surface area (Å²) in [4.78, 5) is 14.2. The van der Waals surface area contributed by atoms with Crippen LogP contribution in [0.1, 0.15) is 31.7 Å². The van der Waals surface area contributed by atoms with E-state index in [4.69, 9.17) is 5.73 Å². The third-order valence-corrected chi connectivity index (χ3v) is 3.32. The predicted molar refractivity (Wildman–Crippen MR) is 68.6 cm³/mol. The Balaban J connectivity index is 2.07. The maximum absolute atomic E-state index is 12.3. The fraction of sp³-hybridized carbons (Fsp3) is 0.500. The van der Waals surface area contributed by atoms with Crippen LogP contribution in [0.3, 0.4) is 0 Å². The van der Waals surface area contributed by atoms with Crippen LogP contribution >= 0.6 is 0 Å². The molecule has 1 aromatic rings. The van der Waals surface area contributed by atoms with Crippen molar-refractivity contribution in [2.24, 2.45) is 5.73 Å². The molecular weight excluding hydrogens is 212 g/mol. The summed E-state index contributed by atoms with van der Waals surface area (Å²) in [5.74, 6) is 0.189. The average molecular weight is 232 g/mol. The molecule has 1 aliphatic rings. The minimum Gasteiger partial charge on any atom is -0.338 e. The van der Waals surface area contributed by atoms with Crippen molar-refractivity contribution < 1.29 is 4.79 Å². The van der Waals surface area contributed by atoms with Crippen molar-refractivity contribution in [3.63, 3.8) is 0 Å². The molecular formula is C14H20N2O. The van der Waals surface area contributed by atoms with Crippen LogP contribution in [-0.2, 0) is 4.79 Å². The van der Waals surface area contributed by atoms with E-state index in [2.05, 4.69) is 6.92 Å². The van der Waals surface area contributed by atoms with E-state index in [9.17, 15) is 4.79 Å². The molecule has 0 saturated carbocycles. The van der Waals surface area contributed by atoms with Crippen LogP contribution in [0.2, 0.25) is 0 Å². The average Bonchev–Trinajstić information content (AvgIpc) is 2.28. The largest absolute Gasteiger partial charge is 0.338 e. The predicted octanol–water partition coefficient (Wildman–Crippen LogP) is 1.74. The SMILES string of the molecule is CCC(C(=O)N1CC(C)(N)C1)c1ccccc1. The Morgan fingerprint density at radius 2 is 2.00 bits per heavy atom. The molecule has 3 nitrogen and oxygen atoms in total. The Labute approximate surface area is 103 Å². The fourth-order valence-corrected chi connectivity index (χ4v) is 2.44. The highest BCUT2D eigenvalue weighted by Crippen LogP contribution is 2.26. The van der Waals surface area contributed by atoms with Gasteiger partial charge in [0.15, 0.2) is 0 Å². The summed E-state index contributed by atoms with van der Waals surface area (Å²) in [6.45, 7) is 5.39. The number of carbonyl (C=O) groups excluding carboxylic acids is 1. The molecule has 1 atom stereocenters. The second-order valence-corrected chi connectivity index (χ2v) is 5.22. The van der Waals surface area contributed by atoms with E-state index in [-0.39, 0.29) is 17.4 Å². The zero-order valence-electron chi connectivity index (χ0n) is 10.5. The molecule has 1 heterocycles. The Hall–Kier alpha value is -1.35.